The van der Waals surface area contributed by atoms with E-state index in [2.05, 4.69) is 5.32 Å². The minimum Gasteiger partial charge on any atom is -0.385 e. The second-order valence-corrected chi connectivity index (χ2v) is 4.28. The average Bonchev–Trinajstić information content (AvgIpc) is 2.39. The molecule has 0 aliphatic carbocycles. The van der Waals surface area contributed by atoms with Crippen molar-refractivity contribution in [3.63, 3.8) is 0 Å². The van der Waals surface area contributed by atoms with Crippen molar-refractivity contribution in [2.24, 2.45) is 5.73 Å². The summed E-state index contributed by atoms with van der Waals surface area (Å²) in [4.78, 5) is 24.7. The van der Waals surface area contributed by atoms with Crippen LogP contribution in [0.5, 0.6) is 0 Å². The smallest absolute Gasteiger partial charge is 0.239 e. The van der Waals surface area contributed by atoms with E-state index in [-0.39, 0.29) is 18.4 Å². The van der Waals surface area contributed by atoms with E-state index in [1.54, 1.807) is 21.3 Å². The zero-order valence-electron chi connectivity index (χ0n) is 12.0. The van der Waals surface area contributed by atoms with E-state index < -0.39 is 6.04 Å². The number of nitrogens with zero attached hydrogens (tertiary/aromatic N) is 1. The highest BCUT2D eigenvalue weighted by Gasteiger charge is 2.19. The fourth-order valence-corrected chi connectivity index (χ4v) is 1.44. The van der Waals surface area contributed by atoms with Gasteiger partial charge in [0.15, 0.2) is 0 Å². The van der Waals surface area contributed by atoms with E-state index in [9.17, 15) is 9.59 Å². The summed E-state index contributed by atoms with van der Waals surface area (Å²) >= 11 is 0. The average molecular weight is 275 g/mol. The Balaban J connectivity index is 3.90. The van der Waals surface area contributed by atoms with Gasteiger partial charge in [-0.3, -0.25) is 9.59 Å². The molecule has 0 bridgehead atoms. The maximum atomic E-state index is 11.8. The topological polar surface area (TPSA) is 93.9 Å². The van der Waals surface area contributed by atoms with Crippen LogP contribution in [-0.2, 0) is 19.1 Å². The molecule has 1 unspecified atom stereocenters. The largest absolute Gasteiger partial charge is 0.385 e. The van der Waals surface area contributed by atoms with Crippen molar-refractivity contribution in [2.75, 3.05) is 47.6 Å². The molecule has 1 atom stereocenters. The monoisotopic (exact) mass is 275 g/mol. The summed E-state index contributed by atoms with van der Waals surface area (Å²) in [5.74, 6) is -0.463. The molecule has 0 saturated carbocycles. The number of likely N-dealkylation sites (N-methyl/N-ethyl adjacent to an activating group) is 1. The van der Waals surface area contributed by atoms with Crippen LogP contribution in [0.25, 0.3) is 0 Å². The molecule has 0 aromatic rings. The fourth-order valence-electron chi connectivity index (χ4n) is 1.44. The number of ether oxygens (including phenoxy) is 2. The Hall–Kier alpha value is -1.18. The molecule has 19 heavy (non-hydrogen) atoms. The first-order chi connectivity index (χ1) is 9.02. The van der Waals surface area contributed by atoms with Crippen molar-refractivity contribution in [2.45, 2.75) is 18.9 Å². The molecular formula is C12H25N3O4. The summed E-state index contributed by atoms with van der Waals surface area (Å²) in [6.07, 6.45) is 1.18. The van der Waals surface area contributed by atoms with E-state index in [4.69, 9.17) is 15.2 Å². The quantitative estimate of drug-likeness (QED) is 0.497. The standard InChI is InChI=1S/C12H25N3O4/c1-15(12(17)10(13)5-8-19-3)9-11(16)14-6-4-7-18-2/h10H,4-9,13H2,1-3H3,(H,14,16). The van der Waals surface area contributed by atoms with Gasteiger partial charge in [-0.15, -0.1) is 0 Å². The van der Waals surface area contributed by atoms with Crippen molar-refractivity contribution < 1.29 is 19.1 Å². The van der Waals surface area contributed by atoms with E-state index in [1.165, 1.54) is 4.90 Å². The maximum absolute atomic E-state index is 11.8. The van der Waals surface area contributed by atoms with E-state index in [1.807, 2.05) is 0 Å². The molecule has 2 amide bonds. The molecule has 0 saturated heterocycles. The van der Waals surface area contributed by atoms with Crippen LogP contribution in [-0.4, -0.2) is 70.3 Å². The second-order valence-electron chi connectivity index (χ2n) is 4.28. The van der Waals surface area contributed by atoms with Crippen LogP contribution in [0, 0.1) is 0 Å². The van der Waals surface area contributed by atoms with Gasteiger partial charge in [0.1, 0.15) is 0 Å². The van der Waals surface area contributed by atoms with E-state index in [0.717, 1.165) is 6.42 Å². The molecule has 0 spiro atoms. The Morgan fingerprint density at radius 1 is 1.26 bits per heavy atom. The number of nitrogens with one attached hydrogen (secondary N) is 1. The summed E-state index contributed by atoms with van der Waals surface area (Å²) in [7, 11) is 4.72. The molecule has 0 heterocycles. The number of hydrogen-bond donors (Lipinski definition) is 2. The molecule has 0 rings (SSSR count). The van der Waals surface area contributed by atoms with Crippen LogP contribution in [0.1, 0.15) is 12.8 Å². The van der Waals surface area contributed by atoms with Gasteiger partial charge in [-0.1, -0.05) is 0 Å². The highest BCUT2D eigenvalue weighted by atomic mass is 16.5. The highest BCUT2D eigenvalue weighted by Crippen LogP contribution is 1.95. The van der Waals surface area contributed by atoms with Crippen molar-refractivity contribution in [1.82, 2.24) is 10.2 Å². The minimum atomic E-state index is -0.633. The SMILES string of the molecule is COCCCNC(=O)CN(C)C(=O)C(N)CCOC. The van der Waals surface area contributed by atoms with Crippen LogP contribution in [0.4, 0.5) is 0 Å². The van der Waals surface area contributed by atoms with Crippen LogP contribution < -0.4 is 11.1 Å². The second kappa shape index (κ2) is 10.7. The van der Waals surface area contributed by atoms with Crippen molar-refractivity contribution >= 4 is 11.8 Å². The highest BCUT2D eigenvalue weighted by molar-refractivity contribution is 5.87. The Kier molecular flexibility index (Phi) is 10.1. The first kappa shape index (κ1) is 17.8. The Labute approximate surface area is 114 Å². The van der Waals surface area contributed by atoms with Gasteiger partial charge in [-0.05, 0) is 12.8 Å². The van der Waals surface area contributed by atoms with Gasteiger partial charge in [-0.2, -0.15) is 0 Å². The molecule has 7 heteroatoms. The molecular weight excluding hydrogens is 250 g/mol. The molecule has 0 aliphatic rings. The molecule has 0 aromatic heterocycles. The van der Waals surface area contributed by atoms with Gasteiger partial charge in [-0.25, -0.2) is 0 Å². The third kappa shape index (κ3) is 8.52. The Bertz CT molecular complexity index is 274. The number of nitrogens with two attached hydrogens (primary N) is 1. The van der Waals surface area contributed by atoms with Crippen LogP contribution >= 0.6 is 0 Å². The zero-order chi connectivity index (χ0) is 14.7. The van der Waals surface area contributed by atoms with Crippen LogP contribution in [0.3, 0.4) is 0 Å². The predicted octanol–water partition coefficient (Wildman–Crippen LogP) is -1.04. The van der Waals surface area contributed by atoms with E-state index in [0.29, 0.717) is 26.2 Å². The number of methoxy groups -OCH3 is 2. The fraction of sp³-hybridized carbons (Fsp3) is 0.833. The molecule has 112 valence electrons. The summed E-state index contributed by atoms with van der Waals surface area (Å²) in [6.45, 7) is 1.55. The van der Waals surface area contributed by atoms with Crippen molar-refractivity contribution in [3.05, 3.63) is 0 Å². The van der Waals surface area contributed by atoms with Gasteiger partial charge in [0.25, 0.3) is 0 Å². The predicted molar refractivity (Wildman–Crippen MR) is 71.6 cm³/mol. The molecule has 0 aromatic carbocycles. The third-order valence-electron chi connectivity index (χ3n) is 2.55. The summed E-state index contributed by atoms with van der Waals surface area (Å²) in [6, 6.07) is -0.633. The Morgan fingerprint density at radius 3 is 2.47 bits per heavy atom. The lowest BCUT2D eigenvalue weighted by Crippen LogP contribution is -2.46. The first-order valence-electron chi connectivity index (χ1n) is 6.28. The first-order valence-corrected chi connectivity index (χ1v) is 6.28. The van der Waals surface area contributed by atoms with Crippen LogP contribution in [0.2, 0.25) is 0 Å². The van der Waals surface area contributed by atoms with Crippen LogP contribution in [0.15, 0.2) is 0 Å². The number of carbonyl (C=O) groups is 2. The molecule has 0 aliphatic heterocycles. The van der Waals surface area contributed by atoms with Gasteiger partial charge >= 0.3 is 0 Å². The summed E-state index contributed by atoms with van der Waals surface area (Å²) in [5, 5.41) is 2.71. The maximum Gasteiger partial charge on any atom is 0.239 e. The third-order valence-corrected chi connectivity index (χ3v) is 2.55. The molecule has 3 N–H and O–H groups in total. The minimum absolute atomic E-state index is 0.00645. The number of hydrogen-bond acceptors (Lipinski definition) is 5. The van der Waals surface area contributed by atoms with Gasteiger partial charge in [0.2, 0.25) is 11.8 Å². The zero-order valence-corrected chi connectivity index (χ0v) is 12.0. The number of amides is 2. The number of carbonyl (C=O) groups excluding carboxylic acids is 2. The summed E-state index contributed by atoms with van der Waals surface area (Å²) < 4.78 is 9.73. The van der Waals surface area contributed by atoms with E-state index >= 15 is 0 Å². The lowest BCUT2D eigenvalue weighted by Gasteiger charge is -2.20. The molecule has 0 radical (unpaired) electrons. The molecule has 0 fully saturated rings. The lowest BCUT2D eigenvalue weighted by molar-refractivity contribution is -0.136. The molecule has 7 nitrogen and oxygen atoms in total. The van der Waals surface area contributed by atoms with Gasteiger partial charge in [0, 0.05) is 41.0 Å². The van der Waals surface area contributed by atoms with Gasteiger partial charge < -0.3 is 25.4 Å². The summed E-state index contributed by atoms with van der Waals surface area (Å²) in [5.41, 5.74) is 5.70. The van der Waals surface area contributed by atoms with Crippen molar-refractivity contribution in [1.29, 1.82) is 0 Å². The van der Waals surface area contributed by atoms with Crippen molar-refractivity contribution in [3.8, 4) is 0 Å². The van der Waals surface area contributed by atoms with Gasteiger partial charge in [0.05, 0.1) is 12.6 Å². The number of rotatable bonds is 10. The normalized spacial score (nSPS) is 12.0. The Morgan fingerprint density at radius 2 is 1.89 bits per heavy atom. The lowest BCUT2D eigenvalue weighted by atomic mass is 10.2.